The van der Waals surface area contributed by atoms with E-state index in [0.29, 0.717) is 5.75 Å². The van der Waals surface area contributed by atoms with Crippen molar-refractivity contribution in [2.24, 2.45) is 0 Å². The second-order valence-corrected chi connectivity index (χ2v) is 7.21. The van der Waals surface area contributed by atoms with Crippen molar-refractivity contribution in [1.82, 2.24) is 5.32 Å². The average Bonchev–Trinajstić information content (AvgIpc) is 2.60. The molecule has 2 rings (SSSR count). The van der Waals surface area contributed by atoms with Gasteiger partial charge in [-0.3, -0.25) is 4.79 Å². The van der Waals surface area contributed by atoms with E-state index in [-0.39, 0.29) is 18.4 Å². The van der Waals surface area contributed by atoms with E-state index in [4.69, 9.17) is 4.74 Å². The van der Waals surface area contributed by atoms with E-state index < -0.39 is 17.9 Å². The van der Waals surface area contributed by atoms with Gasteiger partial charge in [0.25, 0.3) is 5.91 Å². The molecule has 2 aromatic rings. The molecule has 0 radical (unpaired) electrons. The third-order valence-electron chi connectivity index (χ3n) is 4.01. The van der Waals surface area contributed by atoms with Crippen LogP contribution in [0.5, 0.6) is 5.75 Å². The van der Waals surface area contributed by atoms with Crippen LogP contribution in [0.3, 0.4) is 0 Å². The summed E-state index contributed by atoms with van der Waals surface area (Å²) < 4.78 is 5.46. The van der Waals surface area contributed by atoms with Crippen molar-refractivity contribution in [2.45, 2.75) is 38.6 Å². The molecule has 0 bridgehead atoms. The quantitative estimate of drug-likeness (QED) is 0.800. The van der Waals surface area contributed by atoms with Crippen molar-refractivity contribution in [1.29, 1.82) is 0 Å². The molecule has 2 N–H and O–H groups in total. The summed E-state index contributed by atoms with van der Waals surface area (Å²) in [4.78, 5) is 23.4. The predicted octanol–water partition coefficient (Wildman–Crippen LogP) is 3.18. The predicted molar refractivity (Wildman–Crippen MR) is 100 cm³/mol. The van der Waals surface area contributed by atoms with Gasteiger partial charge >= 0.3 is 5.97 Å². The Bertz CT molecular complexity index is 733. The lowest BCUT2D eigenvalue weighted by atomic mass is 9.87. The third kappa shape index (κ3) is 5.92. The molecule has 1 amide bonds. The fourth-order valence-electron chi connectivity index (χ4n) is 2.49. The van der Waals surface area contributed by atoms with Crippen LogP contribution >= 0.6 is 0 Å². The topological polar surface area (TPSA) is 75.6 Å². The largest absolute Gasteiger partial charge is 0.484 e. The van der Waals surface area contributed by atoms with Crippen molar-refractivity contribution in [3.05, 3.63) is 65.7 Å². The molecule has 0 aromatic heterocycles. The Labute approximate surface area is 154 Å². The van der Waals surface area contributed by atoms with Crippen molar-refractivity contribution >= 4 is 11.9 Å². The minimum atomic E-state index is -1.07. The molecule has 0 fully saturated rings. The van der Waals surface area contributed by atoms with Gasteiger partial charge in [0.2, 0.25) is 0 Å². The number of ether oxygens (including phenoxy) is 1. The van der Waals surface area contributed by atoms with Crippen LogP contribution in [0.15, 0.2) is 54.6 Å². The first-order valence-electron chi connectivity index (χ1n) is 8.55. The van der Waals surface area contributed by atoms with Crippen molar-refractivity contribution in [2.75, 3.05) is 6.61 Å². The van der Waals surface area contributed by atoms with Gasteiger partial charge in [0.1, 0.15) is 11.8 Å². The van der Waals surface area contributed by atoms with Crippen LogP contribution in [0.2, 0.25) is 0 Å². The van der Waals surface area contributed by atoms with Crippen LogP contribution in [0, 0.1) is 0 Å². The van der Waals surface area contributed by atoms with Crippen LogP contribution in [0.25, 0.3) is 0 Å². The molecule has 0 saturated carbocycles. The minimum Gasteiger partial charge on any atom is -0.484 e. The van der Waals surface area contributed by atoms with E-state index in [0.717, 1.165) is 5.56 Å². The SMILES string of the molecule is CC(C)(C)c1ccc(OCC(=O)N[C@H](Cc2ccccc2)C(=O)O)cc1. The summed E-state index contributed by atoms with van der Waals surface area (Å²) in [5, 5.41) is 11.8. The fraction of sp³-hybridized carbons (Fsp3) is 0.333. The lowest BCUT2D eigenvalue weighted by Crippen LogP contribution is -2.44. The smallest absolute Gasteiger partial charge is 0.326 e. The zero-order valence-corrected chi connectivity index (χ0v) is 15.4. The van der Waals surface area contributed by atoms with Crippen molar-refractivity contribution in [3.8, 4) is 5.75 Å². The normalized spacial score (nSPS) is 12.3. The Kier molecular flexibility index (Phi) is 6.39. The molecule has 0 aliphatic rings. The molecular formula is C21H25NO4. The Balaban J connectivity index is 1.89. The summed E-state index contributed by atoms with van der Waals surface area (Å²) in [7, 11) is 0. The number of nitrogens with one attached hydrogen (secondary N) is 1. The molecule has 5 heteroatoms. The van der Waals surface area contributed by atoms with Gasteiger partial charge in [-0.25, -0.2) is 4.79 Å². The summed E-state index contributed by atoms with van der Waals surface area (Å²) >= 11 is 0. The van der Waals surface area contributed by atoms with Gasteiger partial charge in [-0.2, -0.15) is 0 Å². The highest BCUT2D eigenvalue weighted by molar-refractivity contribution is 5.84. The molecule has 0 aliphatic heterocycles. The summed E-state index contributed by atoms with van der Waals surface area (Å²) in [6, 6.07) is 15.7. The van der Waals surface area contributed by atoms with E-state index in [9.17, 15) is 14.7 Å². The molecule has 0 saturated heterocycles. The number of carboxylic acids is 1. The first-order chi connectivity index (χ1) is 12.3. The van der Waals surface area contributed by atoms with Gasteiger partial charge in [-0.05, 0) is 28.7 Å². The van der Waals surface area contributed by atoms with E-state index in [1.165, 1.54) is 5.56 Å². The van der Waals surface area contributed by atoms with Crippen molar-refractivity contribution in [3.63, 3.8) is 0 Å². The highest BCUT2D eigenvalue weighted by atomic mass is 16.5. The van der Waals surface area contributed by atoms with E-state index >= 15 is 0 Å². The van der Waals surface area contributed by atoms with Gasteiger partial charge in [0, 0.05) is 6.42 Å². The standard InChI is InChI=1S/C21H25NO4/c1-21(2,3)16-9-11-17(12-10-16)26-14-19(23)22-18(20(24)25)13-15-7-5-4-6-8-15/h4-12,18H,13-14H2,1-3H3,(H,22,23)(H,24,25)/t18-/m1/s1. The molecule has 138 valence electrons. The molecule has 5 nitrogen and oxygen atoms in total. The van der Waals surface area contributed by atoms with Crippen LogP contribution in [0.4, 0.5) is 0 Å². The zero-order chi connectivity index (χ0) is 19.2. The molecule has 0 spiro atoms. The zero-order valence-electron chi connectivity index (χ0n) is 15.4. The van der Waals surface area contributed by atoms with Crippen LogP contribution in [-0.2, 0) is 21.4 Å². The number of hydrogen-bond donors (Lipinski definition) is 2. The molecule has 0 heterocycles. The summed E-state index contributed by atoms with van der Waals surface area (Å²) in [6.45, 7) is 6.13. The van der Waals surface area contributed by atoms with Gasteiger partial charge in [0.05, 0.1) is 0 Å². The Hall–Kier alpha value is -2.82. The van der Waals surface area contributed by atoms with E-state index in [1.54, 1.807) is 0 Å². The number of amides is 1. The third-order valence-corrected chi connectivity index (χ3v) is 4.01. The van der Waals surface area contributed by atoms with Gasteiger partial charge in [-0.15, -0.1) is 0 Å². The highest BCUT2D eigenvalue weighted by Gasteiger charge is 2.20. The molecule has 2 aromatic carbocycles. The maximum absolute atomic E-state index is 12.0. The van der Waals surface area contributed by atoms with Gasteiger partial charge in [-0.1, -0.05) is 63.2 Å². The number of benzene rings is 2. The lowest BCUT2D eigenvalue weighted by molar-refractivity contribution is -0.142. The maximum Gasteiger partial charge on any atom is 0.326 e. The summed E-state index contributed by atoms with van der Waals surface area (Å²) in [5.74, 6) is -0.965. The van der Waals surface area contributed by atoms with Gasteiger partial charge in [0.15, 0.2) is 6.61 Å². The number of carbonyl (C=O) groups excluding carboxylic acids is 1. The number of rotatable bonds is 7. The summed E-state index contributed by atoms with van der Waals surface area (Å²) in [5.41, 5.74) is 2.06. The first kappa shape index (κ1) is 19.5. The first-order valence-corrected chi connectivity index (χ1v) is 8.55. The molecule has 26 heavy (non-hydrogen) atoms. The molecular weight excluding hydrogens is 330 g/mol. The monoisotopic (exact) mass is 355 g/mol. The van der Waals surface area contributed by atoms with Crippen LogP contribution in [-0.4, -0.2) is 29.6 Å². The van der Waals surface area contributed by atoms with E-state index in [1.807, 2.05) is 54.6 Å². The highest BCUT2D eigenvalue weighted by Crippen LogP contribution is 2.24. The Morgan fingerprint density at radius 2 is 1.65 bits per heavy atom. The second kappa shape index (κ2) is 8.52. The van der Waals surface area contributed by atoms with E-state index in [2.05, 4.69) is 26.1 Å². The number of aliphatic carboxylic acids is 1. The minimum absolute atomic E-state index is 0.0437. The summed E-state index contributed by atoms with van der Waals surface area (Å²) in [6.07, 6.45) is 0.224. The number of carboxylic acid groups (broad SMARTS) is 1. The lowest BCUT2D eigenvalue weighted by Gasteiger charge is -2.19. The van der Waals surface area contributed by atoms with Crippen LogP contribution in [0.1, 0.15) is 31.9 Å². The van der Waals surface area contributed by atoms with Gasteiger partial charge < -0.3 is 15.2 Å². The average molecular weight is 355 g/mol. The number of hydrogen-bond acceptors (Lipinski definition) is 3. The number of carbonyl (C=O) groups is 2. The molecule has 1 atom stereocenters. The molecule has 0 unspecified atom stereocenters. The van der Waals surface area contributed by atoms with Crippen molar-refractivity contribution < 1.29 is 19.4 Å². The Morgan fingerprint density at radius 1 is 1.04 bits per heavy atom. The Morgan fingerprint density at radius 3 is 2.19 bits per heavy atom. The fourth-order valence-corrected chi connectivity index (χ4v) is 2.49. The second-order valence-electron chi connectivity index (χ2n) is 7.21. The maximum atomic E-state index is 12.0. The molecule has 0 aliphatic carbocycles. The van der Waals surface area contributed by atoms with Crippen LogP contribution < -0.4 is 10.1 Å².